The fraction of sp³-hybridized carbons (Fsp3) is 0.933. The van der Waals surface area contributed by atoms with Crippen LogP contribution in [0.1, 0.15) is 79.6 Å². The van der Waals surface area contributed by atoms with Crippen molar-refractivity contribution in [2.75, 3.05) is 0 Å². The van der Waals surface area contributed by atoms with Gasteiger partial charge in [0.25, 0.3) is 0 Å². The molecule has 1 amide bonds. The van der Waals surface area contributed by atoms with Crippen molar-refractivity contribution in [3.8, 4) is 0 Å². The van der Waals surface area contributed by atoms with E-state index in [0.717, 1.165) is 12.8 Å². The average molecular weight is 271 g/mol. The van der Waals surface area contributed by atoms with Gasteiger partial charge in [0.05, 0.1) is 0 Å². The molecule has 4 heteroatoms. The lowest BCUT2D eigenvalue weighted by Crippen LogP contribution is -2.38. The molecule has 0 saturated carbocycles. The number of unbranched alkanes of at least 4 members (excludes halogenated alkanes) is 4. The van der Waals surface area contributed by atoms with Gasteiger partial charge in [-0.15, -0.1) is 0 Å². The van der Waals surface area contributed by atoms with E-state index in [0.29, 0.717) is 0 Å². The number of amides is 1. The fourth-order valence-electron chi connectivity index (χ4n) is 1.85. The average Bonchev–Trinajstić information content (AvgIpc) is 2.24. The van der Waals surface area contributed by atoms with Crippen LogP contribution in [0.5, 0.6) is 0 Å². The third kappa shape index (κ3) is 13.5. The first kappa shape index (κ1) is 20.5. The lowest BCUT2D eigenvalue weighted by atomic mass is 10.0. The minimum Gasteiger partial charge on any atom is -0.444 e. The third-order valence-corrected chi connectivity index (χ3v) is 2.87. The number of carbonyl (C=O) groups excluding carboxylic acids is 1. The second kappa shape index (κ2) is 11.1. The Labute approximate surface area is 119 Å². The Morgan fingerprint density at radius 1 is 1.11 bits per heavy atom. The van der Waals surface area contributed by atoms with Gasteiger partial charge in [-0.3, -0.25) is 0 Å². The van der Waals surface area contributed by atoms with E-state index in [1.54, 1.807) is 0 Å². The molecule has 0 rings (SSSR count). The maximum Gasteiger partial charge on any atom is 0.407 e. The Bertz CT molecular complexity index is 225. The molecular weight excluding hydrogens is 240 g/mol. The standard InChI is InChI=1S/C15H31NO2.N/c1-6-8-9-10-11-12-13(7-2)16-14(17)18-15(3,4)5;/h13H,6-12H2,1-5H3,(H,16,17);. The van der Waals surface area contributed by atoms with Gasteiger partial charge < -0.3 is 10.1 Å². The molecular formula is C15H31N2O2. The molecule has 0 aliphatic rings. The lowest BCUT2D eigenvalue weighted by Gasteiger charge is -2.23. The van der Waals surface area contributed by atoms with Crippen LogP contribution in [0, 0.1) is 0 Å². The van der Waals surface area contributed by atoms with Gasteiger partial charge in [0.2, 0.25) is 0 Å². The van der Waals surface area contributed by atoms with Crippen molar-refractivity contribution in [3.63, 3.8) is 0 Å². The van der Waals surface area contributed by atoms with Crippen molar-refractivity contribution < 1.29 is 9.53 Å². The van der Waals surface area contributed by atoms with Crippen LogP contribution in [0.25, 0.3) is 0 Å². The van der Waals surface area contributed by atoms with Crippen molar-refractivity contribution in [3.05, 3.63) is 0 Å². The molecule has 3 radical (unpaired) electrons. The summed E-state index contributed by atoms with van der Waals surface area (Å²) in [5, 5.41) is 2.95. The van der Waals surface area contributed by atoms with Crippen LogP contribution in [-0.4, -0.2) is 17.7 Å². The number of hydrogen-bond donors (Lipinski definition) is 1. The zero-order valence-electron chi connectivity index (χ0n) is 13.3. The summed E-state index contributed by atoms with van der Waals surface area (Å²) in [6, 6.07) is 0.251. The minimum atomic E-state index is -0.413. The lowest BCUT2D eigenvalue weighted by molar-refractivity contribution is 0.0499. The molecule has 0 aliphatic heterocycles. The molecule has 0 saturated heterocycles. The van der Waals surface area contributed by atoms with Crippen molar-refractivity contribution in [2.24, 2.45) is 0 Å². The van der Waals surface area contributed by atoms with Crippen LogP contribution in [0.4, 0.5) is 4.79 Å². The fourth-order valence-corrected chi connectivity index (χ4v) is 1.85. The summed E-state index contributed by atoms with van der Waals surface area (Å²) in [5.74, 6) is 0. The summed E-state index contributed by atoms with van der Waals surface area (Å²) in [4.78, 5) is 11.6. The highest BCUT2D eigenvalue weighted by Gasteiger charge is 2.18. The summed E-state index contributed by atoms with van der Waals surface area (Å²) in [5.41, 5.74) is -0.413. The van der Waals surface area contributed by atoms with E-state index in [-0.39, 0.29) is 18.3 Å². The number of hydrogen-bond acceptors (Lipinski definition) is 2. The molecule has 0 heterocycles. The van der Waals surface area contributed by atoms with Crippen LogP contribution in [0.3, 0.4) is 0 Å². The predicted molar refractivity (Wildman–Crippen MR) is 79.0 cm³/mol. The minimum absolute atomic E-state index is 0. The second-order valence-corrected chi connectivity index (χ2v) is 5.95. The predicted octanol–water partition coefficient (Wildman–Crippen LogP) is 4.17. The molecule has 0 spiro atoms. The first-order valence-electron chi connectivity index (χ1n) is 7.38. The first-order chi connectivity index (χ1) is 8.39. The normalized spacial score (nSPS) is 12.5. The van der Waals surface area contributed by atoms with E-state index in [9.17, 15) is 4.79 Å². The van der Waals surface area contributed by atoms with Gasteiger partial charge in [0.1, 0.15) is 5.60 Å². The number of carbonyl (C=O) groups is 1. The molecule has 4 nitrogen and oxygen atoms in total. The SMILES string of the molecule is CCCCCCCC(CC)NC(=O)OC(C)(C)C.[N]. The van der Waals surface area contributed by atoms with Crippen LogP contribution in [0.2, 0.25) is 0 Å². The van der Waals surface area contributed by atoms with Crippen molar-refractivity contribution in [1.82, 2.24) is 11.5 Å². The topological polar surface area (TPSA) is 68.8 Å². The molecule has 1 atom stereocenters. The highest BCUT2D eigenvalue weighted by atomic mass is 16.6. The van der Waals surface area contributed by atoms with Crippen molar-refractivity contribution >= 4 is 6.09 Å². The van der Waals surface area contributed by atoms with Gasteiger partial charge in [-0.25, -0.2) is 4.79 Å². The quantitative estimate of drug-likeness (QED) is 0.673. The summed E-state index contributed by atoms with van der Waals surface area (Å²) in [7, 11) is 0. The second-order valence-electron chi connectivity index (χ2n) is 5.95. The highest BCUT2D eigenvalue weighted by molar-refractivity contribution is 5.68. The van der Waals surface area contributed by atoms with E-state index in [4.69, 9.17) is 4.74 Å². The van der Waals surface area contributed by atoms with Gasteiger partial charge in [0, 0.05) is 12.2 Å². The number of rotatable bonds is 8. The number of ether oxygens (including phenoxy) is 1. The van der Waals surface area contributed by atoms with Crippen LogP contribution in [-0.2, 0) is 4.74 Å². The van der Waals surface area contributed by atoms with Crippen LogP contribution < -0.4 is 11.5 Å². The molecule has 0 aliphatic carbocycles. The molecule has 0 fully saturated rings. The van der Waals surface area contributed by atoms with Gasteiger partial charge >= 0.3 is 6.09 Å². The largest absolute Gasteiger partial charge is 0.444 e. The summed E-state index contributed by atoms with van der Waals surface area (Å²) in [6.45, 7) is 9.99. The van der Waals surface area contributed by atoms with Crippen molar-refractivity contribution in [2.45, 2.75) is 91.2 Å². The summed E-state index contributed by atoms with van der Waals surface area (Å²) >= 11 is 0. The number of nitrogens with zero attached hydrogens (tertiary/aromatic N) is 1. The molecule has 113 valence electrons. The van der Waals surface area contributed by atoms with E-state index in [2.05, 4.69) is 19.2 Å². The van der Waals surface area contributed by atoms with Gasteiger partial charge in [0.15, 0.2) is 0 Å². The zero-order valence-corrected chi connectivity index (χ0v) is 13.3. The molecule has 0 aromatic carbocycles. The third-order valence-electron chi connectivity index (χ3n) is 2.87. The van der Waals surface area contributed by atoms with Gasteiger partial charge in [-0.05, 0) is 33.6 Å². The van der Waals surface area contributed by atoms with Gasteiger partial charge in [-0.1, -0.05) is 46.0 Å². The number of nitrogens with one attached hydrogen (secondary N) is 1. The molecule has 1 unspecified atom stereocenters. The molecule has 1 N–H and O–H groups in total. The molecule has 0 aromatic rings. The van der Waals surface area contributed by atoms with E-state index >= 15 is 0 Å². The highest BCUT2D eigenvalue weighted by Crippen LogP contribution is 2.11. The molecule has 0 bridgehead atoms. The Morgan fingerprint density at radius 2 is 1.68 bits per heavy atom. The van der Waals surface area contributed by atoms with E-state index < -0.39 is 5.60 Å². The van der Waals surface area contributed by atoms with Crippen LogP contribution in [0.15, 0.2) is 0 Å². The smallest absolute Gasteiger partial charge is 0.407 e. The number of alkyl carbamates (subject to hydrolysis) is 1. The monoisotopic (exact) mass is 271 g/mol. The van der Waals surface area contributed by atoms with E-state index in [1.807, 2.05) is 20.8 Å². The Morgan fingerprint density at radius 3 is 2.16 bits per heavy atom. The van der Waals surface area contributed by atoms with Crippen molar-refractivity contribution in [1.29, 1.82) is 0 Å². The maximum atomic E-state index is 11.6. The van der Waals surface area contributed by atoms with E-state index in [1.165, 1.54) is 32.1 Å². The first-order valence-corrected chi connectivity index (χ1v) is 7.38. The molecule has 0 aromatic heterocycles. The van der Waals surface area contributed by atoms with Gasteiger partial charge in [-0.2, -0.15) is 0 Å². The Hall–Kier alpha value is -0.770. The zero-order chi connectivity index (χ0) is 14.0. The summed E-state index contributed by atoms with van der Waals surface area (Å²) in [6.07, 6.45) is 8.08. The summed E-state index contributed by atoms with van der Waals surface area (Å²) < 4.78 is 5.26. The molecule has 19 heavy (non-hydrogen) atoms. The Balaban J connectivity index is 0. The maximum absolute atomic E-state index is 11.6. The Kier molecular flexibility index (Phi) is 12.0. The van der Waals surface area contributed by atoms with Crippen LogP contribution >= 0.6 is 0 Å².